The van der Waals surface area contributed by atoms with Gasteiger partial charge in [-0.1, -0.05) is 26.0 Å². The van der Waals surface area contributed by atoms with E-state index in [4.69, 9.17) is 10.5 Å². The molecule has 0 aliphatic carbocycles. The Hall–Kier alpha value is -3.41. The second-order valence-corrected chi connectivity index (χ2v) is 8.97. The highest BCUT2D eigenvalue weighted by atomic mass is 16.5. The van der Waals surface area contributed by atoms with Gasteiger partial charge in [0, 0.05) is 36.0 Å². The van der Waals surface area contributed by atoms with Crippen molar-refractivity contribution in [3.8, 4) is 16.9 Å². The molecular formula is C26H29N5O. The van der Waals surface area contributed by atoms with Crippen molar-refractivity contribution in [1.82, 2.24) is 9.97 Å². The minimum absolute atomic E-state index is 0.300. The van der Waals surface area contributed by atoms with Gasteiger partial charge in [-0.05, 0) is 60.2 Å². The Morgan fingerprint density at radius 2 is 1.88 bits per heavy atom. The normalized spacial score (nSPS) is 14.8. The van der Waals surface area contributed by atoms with Crippen LogP contribution in [0.2, 0.25) is 0 Å². The molecule has 6 heteroatoms. The third kappa shape index (κ3) is 3.60. The van der Waals surface area contributed by atoms with Crippen molar-refractivity contribution in [1.29, 1.82) is 0 Å². The number of anilines is 2. The molecule has 2 N–H and O–H groups in total. The van der Waals surface area contributed by atoms with Gasteiger partial charge in [-0.15, -0.1) is 0 Å². The van der Waals surface area contributed by atoms with Crippen LogP contribution in [0.5, 0.6) is 5.75 Å². The summed E-state index contributed by atoms with van der Waals surface area (Å²) in [5.74, 6) is 2.50. The molecule has 2 aliphatic heterocycles. The van der Waals surface area contributed by atoms with Crippen molar-refractivity contribution in [3.63, 3.8) is 0 Å². The highest BCUT2D eigenvalue weighted by molar-refractivity contribution is 5.80. The Morgan fingerprint density at radius 1 is 1.03 bits per heavy atom. The second-order valence-electron chi connectivity index (χ2n) is 8.97. The van der Waals surface area contributed by atoms with Crippen LogP contribution < -0.4 is 15.4 Å². The van der Waals surface area contributed by atoms with Crippen LogP contribution in [0.25, 0.3) is 11.1 Å². The van der Waals surface area contributed by atoms with Gasteiger partial charge in [-0.25, -0.2) is 4.98 Å². The third-order valence-corrected chi connectivity index (χ3v) is 6.29. The quantitative estimate of drug-likeness (QED) is 0.627. The van der Waals surface area contributed by atoms with Crippen LogP contribution in [-0.2, 0) is 13.0 Å². The first-order valence-corrected chi connectivity index (χ1v) is 11.2. The van der Waals surface area contributed by atoms with E-state index < -0.39 is 0 Å². The van der Waals surface area contributed by atoms with Crippen molar-refractivity contribution < 1.29 is 4.74 Å². The predicted octanol–water partition coefficient (Wildman–Crippen LogP) is 5.12. The lowest BCUT2D eigenvalue weighted by Crippen LogP contribution is -2.28. The zero-order valence-corrected chi connectivity index (χ0v) is 19.1. The summed E-state index contributed by atoms with van der Waals surface area (Å²) >= 11 is 0. The zero-order valence-electron chi connectivity index (χ0n) is 19.1. The van der Waals surface area contributed by atoms with Crippen LogP contribution in [0.1, 0.15) is 47.7 Å². The largest absolute Gasteiger partial charge is 0.491 e. The van der Waals surface area contributed by atoms with Crippen LogP contribution >= 0.6 is 0 Å². The van der Waals surface area contributed by atoms with Crippen molar-refractivity contribution in [2.45, 2.75) is 46.6 Å². The van der Waals surface area contributed by atoms with Gasteiger partial charge in [0.05, 0.1) is 12.2 Å². The lowest BCUT2D eigenvalue weighted by molar-refractivity contribution is 0.329. The lowest BCUT2D eigenvalue weighted by atomic mass is 9.97. The Bertz CT molecular complexity index is 1230. The van der Waals surface area contributed by atoms with E-state index in [1.807, 2.05) is 13.1 Å². The Morgan fingerprint density at radius 3 is 2.69 bits per heavy atom. The molecule has 6 nitrogen and oxygen atoms in total. The van der Waals surface area contributed by atoms with E-state index in [0.717, 1.165) is 52.6 Å². The fourth-order valence-electron chi connectivity index (χ4n) is 4.84. The lowest BCUT2D eigenvalue weighted by Gasteiger charge is -2.26. The summed E-state index contributed by atoms with van der Waals surface area (Å²) in [6, 6.07) is 11.0. The monoisotopic (exact) mass is 427 g/mol. The van der Waals surface area contributed by atoms with Gasteiger partial charge in [0.15, 0.2) is 0 Å². The molecule has 32 heavy (non-hydrogen) atoms. The SMILES string of the molecule is Cc1cc(-c2ccc3c(c2)N=CC3)cc2c1OCCN(c1nc(N)nc(C)c1C(C)C)C2. The number of nitrogens with two attached hydrogens (primary N) is 1. The highest BCUT2D eigenvalue weighted by Crippen LogP contribution is 2.37. The highest BCUT2D eigenvalue weighted by Gasteiger charge is 2.24. The first kappa shape index (κ1) is 20.5. The van der Waals surface area contributed by atoms with Crippen molar-refractivity contribution >= 4 is 23.7 Å². The number of fused-ring (bicyclic) bond motifs is 2. The van der Waals surface area contributed by atoms with Crippen molar-refractivity contribution in [3.05, 3.63) is 58.3 Å². The first-order chi connectivity index (χ1) is 15.4. The van der Waals surface area contributed by atoms with Crippen molar-refractivity contribution in [2.75, 3.05) is 23.8 Å². The number of hydrogen-bond acceptors (Lipinski definition) is 6. The van der Waals surface area contributed by atoms with E-state index in [1.165, 1.54) is 16.7 Å². The van der Waals surface area contributed by atoms with Gasteiger partial charge in [0.1, 0.15) is 18.2 Å². The number of nitrogens with zero attached hydrogens (tertiary/aromatic N) is 4. The second kappa shape index (κ2) is 7.93. The van der Waals surface area contributed by atoms with Gasteiger partial charge >= 0.3 is 0 Å². The Balaban J connectivity index is 1.57. The van der Waals surface area contributed by atoms with E-state index in [-0.39, 0.29) is 0 Å². The molecule has 164 valence electrons. The molecule has 0 fully saturated rings. The van der Waals surface area contributed by atoms with E-state index in [1.54, 1.807) is 0 Å². The molecule has 0 saturated heterocycles. The number of aliphatic imine (C=N–C) groups is 1. The fourth-order valence-corrected chi connectivity index (χ4v) is 4.84. The molecule has 1 aromatic heterocycles. The van der Waals surface area contributed by atoms with Crippen LogP contribution in [-0.4, -0.2) is 29.3 Å². The van der Waals surface area contributed by atoms with Gasteiger partial charge in [0.2, 0.25) is 5.95 Å². The van der Waals surface area contributed by atoms with Gasteiger partial charge in [0.25, 0.3) is 0 Å². The molecule has 2 aromatic carbocycles. The van der Waals surface area contributed by atoms with E-state index in [2.05, 4.69) is 71.0 Å². The van der Waals surface area contributed by atoms with Crippen LogP contribution in [0.15, 0.2) is 35.3 Å². The van der Waals surface area contributed by atoms with Crippen LogP contribution in [0.3, 0.4) is 0 Å². The van der Waals surface area contributed by atoms with Gasteiger partial charge in [-0.2, -0.15) is 4.98 Å². The molecule has 5 rings (SSSR count). The summed E-state index contributed by atoms with van der Waals surface area (Å²) in [7, 11) is 0. The topological polar surface area (TPSA) is 76.6 Å². The number of rotatable bonds is 3. The molecule has 3 aromatic rings. The minimum atomic E-state index is 0.300. The smallest absolute Gasteiger partial charge is 0.222 e. The number of hydrogen-bond donors (Lipinski definition) is 1. The van der Waals surface area contributed by atoms with Crippen LogP contribution in [0.4, 0.5) is 17.5 Å². The van der Waals surface area contributed by atoms with Gasteiger partial charge < -0.3 is 15.4 Å². The van der Waals surface area contributed by atoms with Gasteiger partial charge in [-0.3, -0.25) is 4.99 Å². The summed E-state index contributed by atoms with van der Waals surface area (Å²) in [4.78, 5) is 15.9. The zero-order chi connectivity index (χ0) is 22.4. The summed E-state index contributed by atoms with van der Waals surface area (Å²) in [6.07, 6.45) is 2.89. The first-order valence-electron chi connectivity index (χ1n) is 11.2. The number of ether oxygens (including phenoxy) is 1. The molecule has 0 saturated carbocycles. The fraction of sp³-hybridized carbons (Fsp3) is 0.346. The number of aryl methyl sites for hydroxylation is 2. The molecule has 0 unspecified atom stereocenters. The molecule has 0 radical (unpaired) electrons. The number of nitrogen functional groups attached to an aromatic ring is 1. The average molecular weight is 428 g/mol. The third-order valence-electron chi connectivity index (χ3n) is 6.29. The molecule has 0 bridgehead atoms. The predicted molar refractivity (Wildman–Crippen MR) is 130 cm³/mol. The summed E-state index contributed by atoms with van der Waals surface area (Å²) in [6.45, 7) is 10.5. The number of benzene rings is 2. The Kier molecular flexibility index (Phi) is 5.08. The van der Waals surface area contributed by atoms with Crippen LogP contribution in [0, 0.1) is 13.8 Å². The summed E-state index contributed by atoms with van der Waals surface area (Å²) < 4.78 is 6.22. The van der Waals surface area contributed by atoms with E-state index >= 15 is 0 Å². The molecule has 0 amide bonds. The summed E-state index contributed by atoms with van der Waals surface area (Å²) in [5, 5.41) is 0. The standard InChI is InChI=1S/C26H29N5O/c1-15(2)23-17(4)29-26(27)30-25(23)31-9-10-32-24-16(3)11-20(12-21(24)14-31)19-6-5-18-7-8-28-22(18)13-19/h5-6,8,11-13,15H,7,9-10,14H2,1-4H3,(H2,27,29,30). The van der Waals surface area contributed by atoms with E-state index in [9.17, 15) is 0 Å². The molecule has 3 heterocycles. The maximum absolute atomic E-state index is 6.22. The maximum atomic E-state index is 6.22. The Labute approximate surface area is 189 Å². The molecule has 0 spiro atoms. The molecule has 2 aliphatic rings. The summed E-state index contributed by atoms with van der Waals surface area (Å²) in [5.41, 5.74) is 15.1. The number of aromatic nitrogens is 2. The minimum Gasteiger partial charge on any atom is -0.491 e. The average Bonchev–Trinajstić information content (AvgIpc) is 3.10. The van der Waals surface area contributed by atoms with E-state index in [0.29, 0.717) is 25.0 Å². The molecule has 0 atom stereocenters. The molecular weight excluding hydrogens is 398 g/mol. The maximum Gasteiger partial charge on any atom is 0.222 e. The van der Waals surface area contributed by atoms with Crippen molar-refractivity contribution in [2.24, 2.45) is 4.99 Å².